The summed E-state index contributed by atoms with van der Waals surface area (Å²) in [6.45, 7) is 6.00. The summed E-state index contributed by atoms with van der Waals surface area (Å²) in [6.07, 6.45) is 0. The van der Waals surface area contributed by atoms with Crippen LogP contribution in [0.1, 0.15) is 0 Å². The SMILES string of the molecule is C=C.CN(C)O. The Balaban J connectivity index is 0. The smallest absolute Gasteiger partial charge is 0.0121 e. The van der Waals surface area contributed by atoms with Gasteiger partial charge in [-0.15, -0.1) is 13.2 Å². The average Bonchev–Trinajstić information content (AvgIpc) is 1.41. The van der Waals surface area contributed by atoms with Crippen molar-refractivity contribution in [2.45, 2.75) is 0 Å². The van der Waals surface area contributed by atoms with Gasteiger partial charge < -0.3 is 5.21 Å². The van der Waals surface area contributed by atoms with Gasteiger partial charge >= 0.3 is 0 Å². The molecule has 0 aliphatic heterocycles. The fourth-order valence-corrected chi connectivity index (χ4v) is 0. The zero-order valence-corrected chi connectivity index (χ0v) is 4.31. The van der Waals surface area contributed by atoms with Gasteiger partial charge in [0.05, 0.1) is 0 Å². The standard InChI is InChI=1S/C2H7NO.C2H4/c1-3(2)4;1-2/h4H,1-2H3;1-2H2. The van der Waals surface area contributed by atoms with E-state index < -0.39 is 0 Å². The van der Waals surface area contributed by atoms with Crippen molar-refractivity contribution in [1.82, 2.24) is 5.06 Å². The van der Waals surface area contributed by atoms with E-state index in [2.05, 4.69) is 13.2 Å². The molecule has 0 aromatic heterocycles. The lowest BCUT2D eigenvalue weighted by Crippen LogP contribution is -2.01. The highest BCUT2D eigenvalue weighted by molar-refractivity contribution is 4.22. The second-order valence-electron chi connectivity index (χ2n) is 0.847. The van der Waals surface area contributed by atoms with Crippen LogP contribution in [0.5, 0.6) is 0 Å². The van der Waals surface area contributed by atoms with Crippen LogP contribution in [0.3, 0.4) is 0 Å². The van der Waals surface area contributed by atoms with E-state index in [4.69, 9.17) is 5.21 Å². The lowest BCUT2D eigenvalue weighted by Gasteiger charge is -1.89. The van der Waals surface area contributed by atoms with Gasteiger partial charge in [0.2, 0.25) is 0 Å². The number of hydrogen-bond acceptors (Lipinski definition) is 2. The minimum Gasteiger partial charge on any atom is -0.315 e. The monoisotopic (exact) mass is 89.1 g/mol. The average molecular weight is 89.1 g/mol. The van der Waals surface area contributed by atoms with Crippen LogP contribution in [0, 0.1) is 0 Å². The van der Waals surface area contributed by atoms with Gasteiger partial charge in [-0.3, -0.25) is 0 Å². The Labute approximate surface area is 38.7 Å². The summed E-state index contributed by atoms with van der Waals surface area (Å²) in [5, 5.41) is 8.89. The summed E-state index contributed by atoms with van der Waals surface area (Å²) in [5.74, 6) is 0. The second-order valence-corrected chi connectivity index (χ2v) is 0.847. The van der Waals surface area contributed by atoms with Gasteiger partial charge in [-0.25, -0.2) is 0 Å². The molecule has 0 aromatic rings. The lowest BCUT2D eigenvalue weighted by atomic mass is 11.2. The third-order valence-electron chi connectivity index (χ3n) is 0. The van der Waals surface area contributed by atoms with E-state index in [9.17, 15) is 0 Å². The van der Waals surface area contributed by atoms with E-state index in [1.165, 1.54) is 0 Å². The van der Waals surface area contributed by atoms with E-state index in [1.807, 2.05) is 0 Å². The highest BCUT2D eigenvalue weighted by Crippen LogP contribution is 1.46. The third-order valence-corrected chi connectivity index (χ3v) is 0. The highest BCUT2D eigenvalue weighted by Gasteiger charge is 1.59. The van der Waals surface area contributed by atoms with Gasteiger partial charge in [0.1, 0.15) is 0 Å². The molecule has 0 unspecified atom stereocenters. The summed E-state index contributed by atoms with van der Waals surface area (Å²) in [4.78, 5) is 0. The molecule has 38 valence electrons. The molecule has 0 saturated heterocycles. The first-order valence-corrected chi connectivity index (χ1v) is 1.59. The zero-order chi connectivity index (χ0) is 5.58. The van der Waals surface area contributed by atoms with Crippen LogP contribution in [0.2, 0.25) is 0 Å². The molecule has 0 radical (unpaired) electrons. The van der Waals surface area contributed by atoms with Gasteiger partial charge in [-0.1, -0.05) is 0 Å². The molecule has 6 heavy (non-hydrogen) atoms. The lowest BCUT2D eigenvalue weighted by molar-refractivity contribution is -0.0372. The van der Waals surface area contributed by atoms with Gasteiger partial charge in [0, 0.05) is 14.1 Å². The molecule has 2 heteroatoms. The van der Waals surface area contributed by atoms with Crippen LogP contribution in [-0.4, -0.2) is 24.4 Å². The molecule has 0 atom stereocenters. The molecule has 0 aliphatic carbocycles. The topological polar surface area (TPSA) is 23.5 Å². The van der Waals surface area contributed by atoms with Crippen molar-refractivity contribution in [2.75, 3.05) is 14.1 Å². The van der Waals surface area contributed by atoms with Gasteiger partial charge in [0.25, 0.3) is 0 Å². The maximum absolute atomic E-state index is 7.89. The Morgan fingerprint density at radius 2 is 1.33 bits per heavy atom. The molecule has 0 bridgehead atoms. The summed E-state index contributed by atoms with van der Waals surface area (Å²) in [6, 6.07) is 0. The Morgan fingerprint density at radius 3 is 1.33 bits per heavy atom. The van der Waals surface area contributed by atoms with Crippen molar-refractivity contribution >= 4 is 0 Å². The van der Waals surface area contributed by atoms with Crippen LogP contribution >= 0.6 is 0 Å². The van der Waals surface area contributed by atoms with Crippen molar-refractivity contribution < 1.29 is 5.21 Å². The van der Waals surface area contributed by atoms with Crippen molar-refractivity contribution in [2.24, 2.45) is 0 Å². The largest absolute Gasteiger partial charge is 0.315 e. The van der Waals surface area contributed by atoms with E-state index >= 15 is 0 Å². The fourth-order valence-electron chi connectivity index (χ4n) is 0. The van der Waals surface area contributed by atoms with Crippen molar-refractivity contribution in [3.05, 3.63) is 13.2 Å². The third kappa shape index (κ3) is 224. The predicted octanol–water partition coefficient (Wildman–Crippen LogP) is 0.739. The molecular weight excluding hydrogens is 78.0 g/mol. The van der Waals surface area contributed by atoms with Crippen molar-refractivity contribution in [3.63, 3.8) is 0 Å². The van der Waals surface area contributed by atoms with Crippen molar-refractivity contribution in [1.29, 1.82) is 0 Å². The Hall–Kier alpha value is -0.340. The molecule has 0 aromatic carbocycles. The molecule has 1 N–H and O–H groups in total. The first-order chi connectivity index (χ1) is 2.73. The summed E-state index contributed by atoms with van der Waals surface area (Å²) < 4.78 is 0. The van der Waals surface area contributed by atoms with E-state index in [0.717, 1.165) is 5.06 Å². The Bertz CT molecular complexity index is 18.8. The Morgan fingerprint density at radius 1 is 1.33 bits per heavy atom. The minimum atomic E-state index is 1.00. The quantitative estimate of drug-likeness (QED) is 0.349. The maximum atomic E-state index is 7.89. The molecule has 0 saturated carbocycles. The van der Waals surface area contributed by atoms with Crippen LogP contribution in [0.4, 0.5) is 0 Å². The van der Waals surface area contributed by atoms with E-state index in [-0.39, 0.29) is 0 Å². The first kappa shape index (κ1) is 9.18. The second kappa shape index (κ2) is 8.82. The molecule has 0 spiro atoms. The van der Waals surface area contributed by atoms with Crippen LogP contribution in [-0.2, 0) is 0 Å². The fraction of sp³-hybridized carbons (Fsp3) is 0.500. The molecule has 2 nitrogen and oxygen atoms in total. The predicted molar refractivity (Wildman–Crippen MR) is 26.7 cm³/mol. The van der Waals surface area contributed by atoms with Crippen LogP contribution in [0.25, 0.3) is 0 Å². The summed E-state index contributed by atoms with van der Waals surface area (Å²) in [7, 11) is 3.11. The van der Waals surface area contributed by atoms with Gasteiger partial charge in [-0.05, 0) is 0 Å². The maximum Gasteiger partial charge on any atom is 0.0121 e. The molecule has 0 heterocycles. The minimum absolute atomic E-state index is 1.00. The Kier molecular flexibility index (Phi) is 13.5. The first-order valence-electron chi connectivity index (χ1n) is 1.59. The number of rotatable bonds is 0. The summed E-state index contributed by atoms with van der Waals surface area (Å²) in [5.41, 5.74) is 0. The zero-order valence-electron chi connectivity index (χ0n) is 4.31. The van der Waals surface area contributed by atoms with Crippen LogP contribution in [0.15, 0.2) is 13.2 Å². The molecule has 0 amide bonds. The summed E-state index contributed by atoms with van der Waals surface area (Å²) >= 11 is 0. The number of hydrogen-bond donors (Lipinski definition) is 1. The normalized spacial score (nSPS) is 6.67. The number of nitrogens with zero attached hydrogens (tertiary/aromatic N) is 1. The van der Waals surface area contributed by atoms with E-state index in [1.54, 1.807) is 14.1 Å². The van der Waals surface area contributed by atoms with Gasteiger partial charge in [-0.2, -0.15) is 5.06 Å². The van der Waals surface area contributed by atoms with Crippen LogP contribution < -0.4 is 0 Å². The number of hydroxylamine groups is 2. The van der Waals surface area contributed by atoms with E-state index in [0.29, 0.717) is 0 Å². The molecule has 0 aliphatic rings. The molecule has 0 fully saturated rings. The molecule has 0 rings (SSSR count). The van der Waals surface area contributed by atoms with Crippen molar-refractivity contribution in [3.8, 4) is 0 Å². The highest BCUT2D eigenvalue weighted by atomic mass is 16.5. The molecular formula is C4H11NO. The van der Waals surface area contributed by atoms with Gasteiger partial charge in [0.15, 0.2) is 0 Å².